The number of hydrogen-bond donors (Lipinski definition) is 0. The second kappa shape index (κ2) is 8.98. The van der Waals surface area contributed by atoms with Gasteiger partial charge in [-0.1, -0.05) is 52.8 Å². The molecule has 7 nitrogen and oxygen atoms in total. The van der Waals surface area contributed by atoms with E-state index in [4.69, 9.17) is 9.02 Å². The fourth-order valence-corrected chi connectivity index (χ4v) is 4.19. The van der Waals surface area contributed by atoms with Gasteiger partial charge in [-0.2, -0.15) is 13.7 Å². The number of oxime groups is 1. The van der Waals surface area contributed by atoms with Crippen LogP contribution in [-0.2, 0) is 19.1 Å². The average Bonchev–Trinajstić information content (AvgIpc) is 3.22. The van der Waals surface area contributed by atoms with E-state index in [2.05, 4.69) is 11.2 Å². The number of nitriles is 1. The molecule has 0 aromatic heterocycles. The highest BCUT2D eigenvalue weighted by Gasteiger charge is 2.22. The molecule has 0 fully saturated rings. The van der Waals surface area contributed by atoms with E-state index in [1.54, 1.807) is 42.5 Å². The number of esters is 1. The van der Waals surface area contributed by atoms with Gasteiger partial charge in [0.15, 0.2) is 0 Å². The zero-order valence-electron chi connectivity index (χ0n) is 16.0. The number of carbonyl (C=O) groups is 1. The topological polar surface area (TPSA) is 106 Å². The molecule has 1 aliphatic rings. The molecule has 0 saturated carbocycles. The number of ether oxygens (including phenoxy) is 1. The van der Waals surface area contributed by atoms with Crippen molar-refractivity contribution in [1.29, 1.82) is 5.26 Å². The van der Waals surface area contributed by atoms with Gasteiger partial charge in [0.1, 0.15) is 16.0 Å². The lowest BCUT2D eigenvalue weighted by atomic mass is 10.00. The van der Waals surface area contributed by atoms with Crippen LogP contribution >= 0.6 is 11.8 Å². The zero-order valence-corrected chi connectivity index (χ0v) is 17.7. The van der Waals surface area contributed by atoms with Crippen molar-refractivity contribution in [2.75, 3.05) is 7.11 Å². The van der Waals surface area contributed by atoms with Crippen LogP contribution in [0.5, 0.6) is 0 Å². The van der Waals surface area contributed by atoms with Crippen molar-refractivity contribution in [3.63, 3.8) is 0 Å². The summed E-state index contributed by atoms with van der Waals surface area (Å²) in [6, 6.07) is 14.9. The van der Waals surface area contributed by atoms with Crippen LogP contribution in [0.3, 0.4) is 0 Å². The molecular formula is C21H16N2O5S2. The first-order valence-corrected chi connectivity index (χ1v) is 10.8. The molecule has 0 amide bonds. The fraction of sp³-hybridized carbons (Fsp3) is 0.0952. The van der Waals surface area contributed by atoms with Crippen LogP contribution in [0.1, 0.15) is 21.5 Å². The molecule has 0 aliphatic carbocycles. The van der Waals surface area contributed by atoms with Crippen LogP contribution in [0.2, 0.25) is 0 Å². The summed E-state index contributed by atoms with van der Waals surface area (Å²) in [6.45, 7) is 1.84. The van der Waals surface area contributed by atoms with E-state index in [-0.39, 0.29) is 21.1 Å². The van der Waals surface area contributed by atoms with Gasteiger partial charge in [-0.05, 0) is 37.3 Å². The molecule has 3 rings (SSSR count). The molecule has 0 unspecified atom stereocenters. The SMILES string of the molecule is COC(=O)c1ccccc1/C(C#N)=C1C=C/C(=N\OS(=O)(=O)c2ccc(C)cc2)S/1. The minimum absolute atomic E-state index is 0.00934. The minimum atomic E-state index is -4.06. The number of nitrogens with zero attached hydrogens (tertiary/aromatic N) is 2. The molecule has 0 N–H and O–H groups in total. The van der Waals surface area contributed by atoms with Gasteiger partial charge in [0.05, 0.1) is 18.2 Å². The molecule has 0 saturated heterocycles. The van der Waals surface area contributed by atoms with Crippen LogP contribution in [0, 0.1) is 18.3 Å². The molecule has 9 heteroatoms. The Morgan fingerprint density at radius 3 is 2.37 bits per heavy atom. The van der Waals surface area contributed by atoms with Gasteiger partial charge in [0.25, 0.3) is 0 Å². The molecule has 1 heterocycles. The summed E-state index contributed by atoms with van der Waals surface area (Å²) in [5.41, 5.74) is 1.82. The normalized spacial score (nSPS) is 16.2. The standard InChI is InChI=1S/C21H16N2O5S2/c1-14-7-9-15(10-8-14)30(25,26)28-23-20-12-11-19(29-20)18(13-22)16-5-3-4-6-17(16)21(24)27-2/h3-12H,1-2H3/b19-18-,23-20+. The Balaban J connectivity index is 1.86. The molecule has 152 valence electrons. The lowest BCUT2D eigenvalue weighted by molar-refractivity contribution is 0.0600. The Morgan fingerprint density at radius 1 is 1.07 bits per heavy atom. The first kappa shape index (κ1) is 21.4. The molecule has 2 aromatic carbocycles. The zero-order chi connectivity index (χ0) is 21.7. The van der Waals surface area contributed by atoms with Gasteiger partial charge in [-0.25, -0.2) is 4.79 Å². The first-order chi connectivity index (χ1) is 14.4. The Labute approximate surface area is 178 Å². The number of methoxy groups -OCH3 is 1. The monoisotopic (exact) mass is 440 g/mol. The van der Waals surface area contributed by atoms with E-state index in [1.807, 2.05) is 6.92 Å². The first-order valence-electron chi connectivity index (χ1n) is 8.62. The highest BCUT2D eigenvalue weighted by atomic mass is 32.2. The van der Waals surface area contributed by atoms with E-state index >= 15 is 0 Å². The largest absolute Gasteiger partial charge is 0.465 e. The highest BCUT2D eigenvalue weighted by molar-refractivity contribution is 8.18. The maximum Gasteiger partial charge on any atom is 0.358 e. The van der Waals surface area contributed by atoms with Crippen molar-refractivity contribution in [3.8, 4) is 6.07 Å². The van der Waals surface area contributed by atoms with Crippen LogP contribution in [0.15, 0.2) is 75.6 Å². The third kappa shape index (κ3) is 4.62. The smallest absolute Gasteiger partial charge is 0.358 e. The van der Waals surface area contributed by atoms with Gasteiger partial charge in [0, 0.05) is 10.5 Å². The van der Waals surface area contributed by atoms with Crippen LogP contribution in [0.4, 0.5) is 0 Å². The fourth-order valence-electron chi connectivity index (χ4n) is 2.58. The number of thioether (sulfide) groups is 1. The van der Waals surface area contributed by atoms with Gasteiger partial charge in [0.2, 0.25) is 0 Å². The van der Waals surface area contributed by atoms with E-state index < -0.39 is 16.1 Å². The molecular weight excluding hydrogens is 424 g/mol. The lowest BCUT2D eigenvalue weighted by Crippen LogP contribution is -2.05. The van der Waals surface area contributed by atoms with Crippen molar-refractivity contribution < 1.29 is 22.2 Å². The number of aryl methyl sites for hydroxylation is 1. The average molecular weight is 441 g/mol. The van der Waals surface area contributed by atoms with E-state index in [0.717, 1.165) is 17.3 Å². The number of carbonyl (C=O) groups excluding carboxylic acids is 1. The second-order valence-electron chi connectivity index (χ2n) is 6.09. The van der Waals surface area contributed by atoms with Gasteiger partial charge in [-0.15, -0.1) is 0 Å². The summed E-state index contributed by atoms with van der Waals surface area (Å²) in [6.07, 6.45) is 3.14. The van der Waals surface area contributed by atoms with Gasteiger partial charge in [-0.3, -0.25) is 4.28 Å². The Morgan fingerprint density at radius 2 is 1.73 bits per heavy atom. The summed E-state index contributed by atoms with van der Waals surface area (Å²) in [4.78, 5) is 12.5. The van der Waals surface area contributed by atoms with E-state index in [0.29, 0.717) is 10.5 Å². The summed E-state index contributed by atoms with van der Waals surface area (Å²) < 4.78 is 34.1. The van der Waals surface area contributed by atoms with Gasteiger partial charge >= 0.3 is 16.1 Å². The molecule has 30 heavy (non-hydrogen) atoms. The van der Waals surface area contributed by atoms with E-state index in [1.165, 1.54) is 25.3 Å². The molecule has 0 bridgehead atoms. The summed E-state index contributed by atoms with van der Waals surface area (Å²) in [5, 5.41) is 13.6. The number of rotatable bonds is 5. The third-order valence-electron chi connectivity index (χ3n) is 4.09. The maximum absolute atomic E-state index is 12.3. The number of allylic oxidation sites excluding steroid dienone is 2. The molecule has 2 aromatic rings. The highest BCUT2D eigenvalue weighted by Crippen LogP contribution is 2.35. The number of hydrogen-bond acceptors (Lipinski definition) is 8. The summed E-state index contributed by atoms with van der Waals surface area (Å²) >= 11 is 1.06. The Kier molecular flexibility index (Phi) is 6.40. The summed E-state index contributed by atoms with van der Waals surface area (Å²) in [7, 11) is -2.80. The molecule has 0 spiro atoms. The van der Waals surface area contributed by atoms with Gasteiger partial charge < -0.3 is 4.74 Å². The van der Waals surface area contributed by atoms with Crippen molar-refractivity contribution in [1.82, 2.24) is 0 Å². The predicted octanol–water partition coefficient (Wildman–Crippen LogP) is 4.04. The van der Waals surface area contributed by atoms with Crippen molar-refractivity contribution >= 4 is 38.5 Å². The minimum Gasteiger partial charge on any atom is -0.465 e. The predicted molar refractivity (Wildman–Crippen MR) is 114 cm³/mol. The number of benzene rings is 2. The van der Waals surface area contributed by atoms with E-state index in [9.17, 15) is 18.5 Å². The second-order valence-corrected chi connectivity index (χ2v) is 8.69. The maximum atomic E-state index is 12.3. The molecule has 0 radical (unpaired) electrons. The quantitative estimate of drug-likeness (QED) is 0.392. The third-order valence-corrected chi connectivity index (χ3v) is 6.19. The molecule has 0 atom stereocenters. The van der Waals surface area contributed by atoms with Crippen LogP contribution in [-0.4, -0.2) is 26.5 Å². The van der Waals surface area contributed by atoms with Crippen LogP contribution < -0.4 is 0 Å². The molecule has 1 aliphatic heterocycles. The van der Waals surface area contributed by atoms with Crippen molar-refractivity contribution in [2.45, 2.75) is 11.8 Å². The Bertz CT molecular complexity index is 1220. The lowest BCUT2D eigenvalue weighted by Gasteiger charge is -2.08. The summed E-state index contributed by atoms with van der Waals surface area (Å²) in [5.74, 6) is -0.563. The van der Waals surface area contributed by atoms with Crippen LogP contribution in [0.25, 0.3) is 5.57 Å². The Hall–Kier alpha value is -3.35. The van der Waals surface area contributed by atoms with Crippen molar-refractivity contribution in [2.24, 2.45) is 5.16 Å². The van der Waals surface area contributed by atoms with Crippen molar-refractivity contribution in [3.05, 3.63) is 82.3 Å².